The van der Waals surface area contributed by atoms with Gasteiger partial charge < -0.3 is 29.2 Å². The summed E-state index contributed by atoms with van der Waals surface area (Å²) in [5.74, 6) is 0.541. The zero-order chi connectivity index (χ0) is 24.0. The first kappa shape index (κ1) is 23.7. The van der Waals surface area contributed by atoms with Crippen LogP contribution < -0.4 is 29.2 Å². The molecule has 2 unspecified atom stereocenters. The SMILES string of the molecule is CCOc1ccccc1N1CC(C(=O)NC(C#N)c2cc(OC)c(OC)c(OC)c2)CC1=O. The van der Waals surface area contributed by atoms with E-state index in [-0.39, 0.29) is 24.8 Å². The molecule has 3 rings (SSSR count). The summed E-state index contributed by atoms with van der Waals surface area (Å²) in [7, 11) is 4.43. The van der Waals surface area contributed by atoms with Gasteiger partial charge >= 0.3 is 0 Å². The number of carbonyl (C=O) groups excluding carboxylic acids is 2. The number of carbonyl (C=O) groups is 2. The average molecular weight is 453 g/mol. The molecular formula is C24H27N3O6. The summed E-state index contributed by atoms with van der Waals surface area (Å²) in [5.41, 5.74) is 1.10. The third-order valence-corrected chi connectivity index (χ3v) is 5.39. The molecule has 0 aliphatic carbocycles. The Morgan fingerprint density at radius 1 is 1.15 bits per heavy atom. The summed E-state index contributed by atoms with van der Waals surface area (Å²) in [4.78, 5) is 27.2. The fraction of sp³-hybridized carbons (Fsp3) is 0.375. The van der Waals surface area contributed by atoms with Crippen LogP contribution in [0.15, 0.2) is 36.4 Å². The van der Waals surface area contributed by atoms with Crippen molar-refractivity contribution >= 4 is 17.5 Å². The van der Waals surface area contributed by atoms with E-state index in [1.54, 1.807) is 29.2 Å². The van der Waals surface area contributed by atoms with Gasteiger partial charge in [0.05, 0.1) is 45.6 Å². The number of anilines is 1. The molecule has 9 heteroatoms. The van der Waals surface area contributed by atoms with Crippen LogP contribution in [-0.2, 0) is 9.59 Å². The van der Waals surface area contributed by atoms with Crippen LogP contribution in [0.3, 0.4) is 0 Å². The molecule has 2 amide bonds. The van der Waals surface area contributed by atoms with Crippen LogP contribution in [0.5, 0.6) is 23.0 Å². The number of para-hydroxylation sites is 2. The van der Waals surface area contributed by atoms with Crippen molar-refractivity contribution in [3.8, 4) is 29.1 Å². The molecular weight excluding hydrogens is 426 g/mol. The number of rotatable bonds is 9. The Morgan fingerprint density at radius 2 is 1.82 bits per heavy atom. The summed E-state index contributed by atoms with van der Waals surface area (Å²) in [5, 5.41) is 12.5. The second kappa shape index (κ2) is 10.6. The van der Waals surface area contributed by atoms with Crippen molar-refractivity contribution in [1.82, 2.24) is 5.32 Å². The van der Waals surface area contributed by atoms with Gasteiger partial charge in [-0.3, -0.25) is 9.59 Å². The minimum atomic E-state index is -0.967. The van der Waals surface area contributed by atoms with Gasteiger partial charge in [-0.1, -0.05) is 12.1 Å². The van der Waals surface area contributed by atoms with Crippen LogP contribution in [0.1, 0.15) is 24.9 Å². The van der Waals surface area contributed by atoms with Crippen molar-refractivity contribution in [3.63, 3.8) is 0 Å². The molecule has 33 heavy (non-hydrogen) atoms. The van der Waals surface area contributed by atoms with Crippen LogP contribution in [0, 0.1) is 17.2 Å². The Kier molecular flexibility index (Phi) is 7.61. The van der Waals surface area contributed by atoms with E-state index >= 15 is 0 Å². The predicted octanol–water partition coefficient (Wildman–Crippen LogP) is 2.85. The van der Waals surface area contributed by atoms with E-state index < -0.39 is 12.0 Å². The quantitative estimate of drug-likeness (QED) is 0.622. The molecule has 0 spiro atoms. The van der Waals surface area contributed by atoms with E-state index in [4.69, 9.17) is 18.9 Å². The number of ether oxygens (including phenoxy) is 4. The van der Waals surface area contributed by atoms with Gasteiger partial charge in [0.2, 0.25) is 17.6 Å². The van der Waals surface area contributed by atoms with Gasteiger partial charge in [0.1, 0.15) is 11.8 Å². The van der Waals surface area contributed by atoms with Gasteiger partial charge in [-0.2, -0.15) is 5.26 Å². The summed E-state index contributed by atoms with van der Waals surface area (Å²) < 4.78 is 21.6. The van der Waals surface area contributed by atoms with Gasteiger partial charge in [-0.15, -0.1) is 0 Å². The number of benzene rings is 2. The lowest BCUT2D eigenvalue weighted by Gasteiger charge is -2.21. The highest BCUT2D eigenvalue weighted by molar-refractivity contribution is 6.01. The minimum absolute atomic E-state index is 0.0414. The maximum Gasteiger partial charge on any atom is 0.227 e. The summed E-state index contributed by atoms with van der Waals surface area (Å²) in [6, 6.07) is 11.6. The highest BCUT2D eigenvalue weighted by Gasteiger charge is 2.37. The van der Waals surface area contributed by atoms with Crippen molar-refractivity contribution in [2.24, 2.45) is 5.92 Å². The topological polar surface area (TPSA) is 110 Å². The van der Waals surface area contributed by atoms with E-state index in [0.717, 1.165) is 0 Å². The smallest absolute Gasteiger partial charge is 0.227 e. The molecule has 1 N–H and O–H groups in total. The monoisotopic (exact) mass is 453 g/mol. The summed E-state index contributed by atoms with van der Waals surface area (Å²) in [6.45, 7) is 2.52. The molecule has 2 aromatic rings. The molecule has 0 aromatic heterocycles. The van der Waals surface area contributed by atoms with E-state index in [9.17, 15) is 14.9 Å². The van der Waals surface area contributed by atoms with Crippen molar-refractivity contribution in [1.29, 1.82) is 5.26 Å². The van der Waals surface area contributed by atoms with Crippen LogP contribution in [-0.4, -0.2) is 46.3 Å². The standard InChI is InChI=1S/C24H27N3O6/c1-5-33-19-9-7-6-8-18(19)27-14-16(12-22(27)28)24(29)26-17(13-25)15-10-20(30-2)23(32-4)21(11-15)31-3/h6-11,16-17H,5,12,14H2,1-4H3,(H,26,29). The lowest BCUT2D eigenvalue weighted by Crippen LogP contribution is -2.35. The maximum absolute atomic E-state index is 13.0. The van der Waals surface area contributed by atoms with E-state index in [1.807, 2.05) is 19.1 Å². The zero-order valence-electron chi connectivity index (χ0n) is 19.1. The van der Waals surface area contributed by atoms with Crippen molar-refractivity contribution in [3.05, 3.63) is 42.0 Å². The average Bonchev–Trinajstić information content (AvgIpc) is 3.23. The molecule has 1 saturated heterocycles. The second-order valence-corrected chi connectivity index (χ2v) is 7.34. The Labute approximate surface area is 192 Å². The minimum Gasteiger partial charge on any atom is -0.493 e. The molecule has 0 bridgehead atoms. The van der Waals surface area contributed by atoms with E-state index in [2.05, 4.69) is 11.4 Å². The van der Waals surface area contributed by atoms with Gasteiger partial charge in [0, 0.05) is 13.0 Å². The molecule has 1 fully saturated rings. The molecule has 9 nitrogen and oxygen atoms in total. The third kappa shape index (κ3) is 4.95. The number of hydrogen-bond donors (Lipinski definition) is 1. The molecule has 0 saturated carbocycles. The number of amides is 2. The van der Waals surface area contributed by atoms with Crippen LogP contribution in [0.25, 0.3) is 0 Å². The summed E-state index contributed by atoms with van der Waals surface area (Å²) in [6.07, 6.45) is 0.0414. The lowest BCUT2D eigenvalue weighted by atomic mass is 10.0. The molecule has 174 valence electrons. The molecule has 1 aliphatic heterocycles. The van der Waals surface area contributed by atoms with Gasteiger partial charge in [-0.25, -0.2) is 0 Å². The highest BCUT2D eigenvalue weighted by Crippen LogP contribution is 2.40. The third-order valence-electron chi connectivity index (χ3n) is 5.39. The first-order valence-electron chi connectivity index (χ1n) is 10.5. The highest BCUT2D eigenvalue weighted by atomic mass is 16.5. The molecule has 1 heterocycles. The molecule has 0 radical (unpaired) electrons. The van der Waals surface area contributed by atoms with Crippen LogP contribution in [0.4, 0.5) is 5.69 Å². The Balaban J connectivity index is 1.79. The Hall–Kier alpha value is -3.93. The van der Waals surface area contributed by atoms with Crippen LogP contribution in [0.2, 0.25) is 0 Å². The Morgan fingerprint density at radius 3 is 2.39 bits per heavy atom. The van der Waals surface area contributed by atoms with Gasteiger partial charge in [0.15, 0.2) is 11.5 Å². The summed E-state index contributed by atoms with van der Waals surface area (Å²) >= 11 is 0. The van der Waals surface area contributed by atoms with Crippen molar-refractivity contribution in [2.75, 3.05) is 39.4 Å². The van der Waals surface area contributed by atoms with Gasteiger partial charge in [0.25, 0.3) is 0 Å². The van der Waals surface area contributed by atoms with Crippen molar-refractivity contribution in [2.45, 2.75) is 19.4 Å². The Bertz CT molecular complexity index is 1040. The van der Waals surface area contributed by atoms with E-state index in [1.165, 1.54) is 21.3 Å². The number of methoxy groups -OCH3 is 3. The largest absolute Gasteiger partial charge is 0.493 e. The molecule has 2 atom stereocenters. The number of hydrogen-bond acceptors (Lipinski definition) is 7. The first-order valence-corrected chi connectivity index (χ1v) is 10.5. The molecule has 1 aliphatic rings. The second-order valence-electron chi connectivity index (χ2n) is 7.34. The number of nitrogens with one attached hydrogen (secondary N) is 1. The van der Waals surface area contributed by atoms with E-state index in [0.29, 0.717) is 40.9 Å². The molecule has 2 aromatic carbocycles. The number of nitrogens with zero attached hydrogens (tertiary/aromatic N) is 2. The zero-order valence-corrected chi connectivity index (χ0v) is 19.1. The van der Waals surface area contributed by atoms with Crippen molar-refractivity contribution < 1.29 is 28.5 Å². The fourth-order valence-electron chi connectivity index (χ4n) is 3.79. The normalized spacial score (nSPS) is 16.0. The van der Waals surface area contributed by atoms with Crippen LogP contribution >= 0.6 is 0 Å². The predicted molar refractivity (Wildman–Crippen MR) is 121 cm³/mol. The lowest BCUT2D eigenvalue weighted by molar-refractivity contribution is -0.126. The first-order chi connectivity index (χ1) is 16.0. The number of nitriles is 1. The van der Waals surface area contributed by atoms with Gasteiger partial charge in [-0.05, 0) is 36.8 Å². The fourth-order valence-corrected chi connectivity index (χ4v) is 3.79. The maximum atomic E-state index is 13.0.